The van der Waals surface area contributed by atoms with Crippen molar-refractivity contribution >= 4 is 33.2 Å². The zero-order valence-electron chi connectivity index (χ0n) is 14.7. The van der Waals surface area contributed by atoms with E-state index < -0.39 is 0 Å². The Labute approximate surface area is 171 Å². The van der Waals surface area contributed by atoms with Gasteiger partial charge in [0.25, 0.3) is 0 Å². The number of rotatable bonds is 7. The van der Waals surface area contributed by atoms with Crippen LogP contribution in [0.2, 0.25) is 5.02 Å². The summed E-state index contributed by atoms with van der Waals surface area (Å²) in [6.45, 7) is 0.846. The van der Waals surface area contributed by atoms with Crippen molar-refractivity contribution in [1.29, 1.82) is 0 Å². The Morgan fingerprint density at radius 2 is 1.78 bits per heavy atom. The van der Waals surface area contributed by atoms with Crippen LogP contribution in [0.1, 0.15) is 11.1 Å². The summed E-state index contributed by atoms with van der Waals surface area (Å²) in [5.74, 6) is 1.53. The smallest absolute Gasteiger partial charge is 0.167 e. The van der Waals surface area contributed by atoms with Crippen molar-refractivity contribution in [3.63, 3.8) is 0 Å². The zero-order chi connectivity index (χ0) is 19.2. The molecule has 3 aromatic carbocycles. The van der Waals surface area contributed by atoms with Gasteiger partial charge in [-0.25, -0.2) is 0 Å². The van der Waals surface area contributed by atoms with Crippen molar-refractivity contribution in [1.82, 2.24) is 0 Å². The molecule has 4 nitrogen and oxygen atoms in total. The predicted octanol–water partition coefficient (Wildman–Crippen LogP) is 6.01. The van der Waals surface area contributed by atoms with E-state index in [0.717, 1.165) is 21.3 Å². The molecule has 0 bridgehead atoms. The van der Waals surface area contributed by atoms with Gasteiger partial charge in [0.05, 0.1) is 7.11 Å². The largest absolute Gasteiger partial charge is 0.508 e. The normalized spacial score (nSPS) is 10.5. The fourth-order valence-electron chi connectivity index (χ4n) is 2.60. The number of ether oxygens (including phenoxy) is 2. The maximum Gasteiger partial charge on any atom is 0.167 e. The van der Waals surface area contributed by atoms with Crippen LogP contribution in [0, 0.1) is 0 Å². The van der Waals surface area contributed by atoms with Crippen molar-refractivity contribution in [2.45, 2.75) is 13.2 Å². The molecular weight excluding hydrogens is 430 g/mol. The quantitative estimate of drug-likeness (QED) is 0.435. The van der Waals surface area contributed by atoms with Crippen LogP contribution in [0.4, 0.5) is 5.69 Å². The SMILES string of the molecule is COc1ccc(Br)c(CNc2ccc(O)cc2)c1OCc1ccccc1Cl. The Balaban J connectivity index is 1.83. The van der Waals surface area contributed by atoms with Crippen molar-refractivity contribution in [2.75, 3.05) is 12.4 Å². The van der Waals surface area contributed by atoms with Gasteiger partial charge in [-0.2, -0.15) is 0 Å². The van der Waals surface area contributed by atoms with E-state index in [9.17, 15) is 5.11 Å². The van der Waals surface area contributed by atoms with Crippen molar-refractivity contribution in [3.8, 4) is 17.2 Å². The minimum atomic E-state index is 0.229. The summed E-state index contributed by atoms with van der Waals surface area (Å²) in [6, 6.07) is 18.3. The number of halogens is 2. The highest BCUT2D eigenvalue weighted by molar-refractivity contribution is 9.10. The van der Waals surface area contributed by atoms with Gasteiger partial charge in [0.2, 0.25) is 0 Å². The molecule has 2 N–H and O–H groups in total. The minimum absolute atomic E-state index is 0.229. The van der Waals surface area contributed by atoms with Gasteiger partial charge >= 0.3 is 0 Å². The number of methoxy groups -OCH3 is 1. The molecule has 0 spiro atoms. The third-order valence-corrected chi connectivity index (χ3v) is 5.17. The van der Waals surface area contributed by atoms with E-state index in [1.54, 1.807) is 19.2 Å². The van der Waals surface area contributed by atoms with E-state index in [1.807, 2.05) is 48.5 Å². The summed E-state index contributed by atoms with van der Waals surface area (Å²) in [4.78, 5) is 0. The zero-order valence-corrected chi connectivity index (χ0v) is 17.0. The first-order valence-corrected chi connectivity index (χ1v) is 9.50. The molecule has 0 fully saturated rings. The van der Waals surface area contributed by atoms with E-state index in [1.165, 1.54) is 0 Å². The Morgan fingerprint density at radius 3 is 2.48 bits per heavy atom. The average molecular weight is 449 g/mol. The summed E-state index contributed by atoms with van der Waals surface area (Å²) < 4.78 is 12.5. The monoisotopic (exact) mass is 447 g/mol. The number of phenols is 1. The average Bonchev–Trinajstić information content (AvgIpc) is 2.68. The number of aromatic hydroxyl groups is 1. The second kappa shape index (κ2) is 9.02. The van der Waals surface area contributed by atoms with Gasteiger partial charge in [-0.3, -0.25) is 0 Å². The first-order valence-electron chi connectivity index (χ1n) is 8.33. The molecule has 27 heavy (non-hydrogen) atoms. The van der Waals surface area contributed by atoms with E-state index in [4.69, 9.17) is 21.1 Å². The topological polar surface area (TPSA) is 50.7 Å². The molecule has 0 unspecified atom stereocenters. The van der Waals surface area contributed by atoms with Crippen molar-refractivity contribution < 1.29 is 14.6 Å². The molecule has 6 heteroatoms. The van der Waals surface area contributed by atoms with E-state index in [0.29, 0.717) is 29.7 Å². The molecule has 0 saturated heterocycles. The third kappa shape index (κ3) is 4.87. The molecule has 0 aliphatic carbocycles. The van der Waals surface area contributed by atoms with E-state index in [-0.39, 0.29) is 5.75 Å². The van der Waals surface area contributed by atoms with E-state index in [2.05, 4.69) is 21.2 Å². The number of hydrogen-bond acceptors (Lipinski definition) is 4. The van der Waals surface area contributed by atoms with Gasteiger partial charge in [-0.15, -0.1) is 0 Å². The van der Waals surface area contributed by atoms with Crippen LogP contribution >= 0.6 is 27.5 Å². The van der Waals surface area contributed by atoms with Gasteiger partial charge in [-0.05, 0) is 42.5 Å². The fraction of sp³-hybridized carbons (Fsp3) is 0.143. The standard InChI is InChI=1S/C21H19BrClNO3/c1-26-20-11-10-18(22)17(12-24-15-6-8-16(25)9-7-15)21(20)27-13-14-4-2-3-5-19(14)23/h2-11,24-25H,12-13H2,1H3. The summed E-state index contributed by atoms with van der Waals surface area (Å²) >= 11 is 9.83. The summed E-state index contributed by atoms with van der Waals surface area (Å²) in [5, 5.41) is 13.4. The Bertz CT molecular complexity index is 916. The molecule has 0 amide bonds. The van der Waals surface area contributed by atoms with Gasteiger partial charge in [0.1, 0.15) is 12.4 Å². The molecule has 3 rings (SSSR count). The molecule has 0 aromatic heterocycles. The fourth-order valence-corrected chi connectivity index (χ4v) is 3.24. The minimum Gasteiger partial charge on any atom is -0.508 e. The van der Waals surface area contributed by atoms with Crippen LogP contribution in [-0.4, -0.2) is 12.2 Å². The molecular formula is C21H19BrClNO3. The van der Waals surface area contributed by atoms with Crippen molar-refractivity contribution in [3.05, 3.63) is 81.3 Å². The maximum absolute atomic E-state index is 9.42. The Hall–Kier alpha value is -2.37. The van der Waals surface area contributed by atoms with Gasteiger partial charge in [0.15, 0.2) is 11.5 Å². The Kier molecular flexibility index (Phi) is 6.48. The highest BCUT2D eigenvalue weighted by Gasteiger charge is 2.15. The molecule has 0 atom stereocenters. The number of benzene rings is 3. The highest BCUT2D eigenvalue weighted by atomic mass is 79.9. The highest BCUT2D eigenvalue weighted by Crippen LogP contribution is 2.37. The van der Waals surface area contributed by atoms with Crippen LogP contribution in [0.5, 0.6) is 17.2 Å². The lowest BCUT2D eigenvalue weighted by molar-refractivity contribution is 0.281. The lowest BCUT2D eigenvalue weighted by atomic mass is 10.1. The number of phenolic OH excluding ortho intramolecular Hbond substituents is 1. The predicted molar refractivity (Wildman–Crippen MR) is 112 cm³/mol. The molecule has 140 valence electrons. The van der Waals surface area contributed by atoms with Crippen LogP contribution in [-0.2, 0) is 13.2 Å². The van der Waals surface area contributed by atoms with Crippen molar-refractivity contribution in [2.24, 2.45) is 0 Å². The molecule has 0 heterocycles. The molecule has 0 aliphatic heterocycles. The van der Waals surface area contributed by atoms with Crippen LogP contribution in [0.25, 0.3) is 0 Å². The number of hydrogen-bond donors (Lipinski definition) is 2. The second-order valence-corrected chi connectivity index (χ2v) is 7.10. The Morgan fingerprint density at radius 1 is 1.04 bits per heavy atom. The maximum atomic E-state index is 9.42. The van der Waals surface area contributed by atoms with Crippen LogP contribution in [0.3, 0.4) is 0 Å². The first-order chi connectivity index (χ1) is 13.1. The molecule has 0 aliphatic rings. The summed E-state index contributed by atoms with van der Waals surface area (Å²) in [7, 11) is 1.61. The van der Waals surface area contributed by atoms with E-state index >= 15 is 0 Å². The lowest BCUT2D eigenvalue weighted by Crippen LogP contribution is -2.06. The van der Waals surface area contributed by atoms with Crippen LogP contribution in [0.15, 0.2) is 65.1 Å². The number of anilines is 1. The lowest BCUT2D eigenvalue weighted by Gasteiger charge is -2.18. The number of nitrogens with one attached hydrogen (secondary N) is 1. The van der Waals surface area contributed by atoms with Gasteiger partial charge in [-0.1, -0.05) is 45.7 Å². The second-order valence-electron chi connectivity index (χ2n) is 5.84. The molecule has 3 aromatic rings. The summed E-state index contributed by atoms with van der Waals surface area (Å²) in [6.07, 6.45) is 0. The van der Waals surface area contributed by atoms with Crippen LogP contribution < -0.4 is 14.8 Å². The first kappa shape index (κ1) is 19.4. The van der Waals surface area contributed by atoms with Gasteiger partial charge in [0, 0.05) is 32.9 Å². The molecule has 0 radical (unpaired) electrons. The van der Waals surface area contributed by atoms with Gasteiger partial charge < -0.3 is 19.9 Å². The third-order valence-electron chi connectivity index (χ3n) is 4.05. The molecule has 0 saturated carbocycles. The summed E-state index contributed by atoms with van der Waals surface area (Å²) in [5.41, 5.74) is 2.72.